The van der Waals surface area contributed by atoms with Crippen LogP contribution in [-0.2, 0) is 9.53 Å². The molecule has 0 radical (unpaired) electrons. The molecule has 20 heavy (non-hydrogen) atoms. The molecule has 0 unspecified atom stereocenters. The van der Waals surface area contributed by atoms with E-state index in [1.165, 1.54) is 12.1 Å². The predicted molar refractivity (Wildman–Crippen MR) is 73.4 cm³/mol. The Morgan fingerprint density at radius 3 is 2.70 bits per heavy atom. The standard InChI is InChI=1S/C15H19NO4/c1-2-20-15(19)12-4-3-9-16(10-12)14(18)11-5-7-13(17)8-6-11/h5-8,12,17H,2-4,9-10H2,1H3/t12-/m0/s1. The highest BCUT2D eigenvalue weighted by Gasteiger charge is 2.29. The molecule has 0 bridgehead atoms. The van der Waals surface area contributed by atoms with E-state index in [0.717, 1.165) is 12.8 Å². The van der Waals surface area contributed by atoms with Crippen LogP contribution in [0.1, 0.15) is 30.1 Å². The SMILES string of the molecule is CCOC(=O)[C@H]1CCCN(C(=O)c2ccc(O)cc2)C1. The van der Waals surface area contributed by atoms with Crippen molar-refractivity contribution in [3.63, 3.8) is 0 Å². The van der Waals surface area contributed by atoms with E-state index in [2.05, 4.69) is 0 Å². The third-order valence-corrected chi connectivity index (χ3v) is 3.44. The van der Waals surface area contributed by atoms with E-state index < -0.39 is 0 Å². The number of rotatable bonds is 3. The van der Waals surface area contributed by atoms with E-state index in [4.69, 9.17) is 4.74 Å². The molecule has 1 atom stereocenters. The van der Waals surface area contributed by atoms with Crippen LogP contribution in [0.25, 0.3) is 0 Å². The quantitative estimate of drug-likeness (QED) is 0.856. The second kappa shape index (κ2) is 6.41. The van der Waals surface area contributed by atoms with Crippen molar-refractivity contribution in [2.24, 2.45) is 5.92 Å². The van der Waals surface area contributed by atoms with Crippen molar-refractivity contribution in [2.45, 2.75) is 19.8 Å². The monoisotopic (exact) mass is 277 g/mol. The maximum Gasteiger partial charge on any atom is 0.310 e. The zero-order valence-electron chi connectivity index (χ0n) is 11.5. The van der Waals surface area contributed by atoms with Crippen molar-refractivity contribution < 1.29 is 19.4 Å². The summed E-state index contributed by atoms with van der Waals surface area (Å²) in [7, 11) is 0. The molecule has 1 aromatic carbocycles. The van der Waals surface area contributed by atoms with E-state index in [9.17, 15) is 14.7 Å². The number of carbonyl (C=O) groups is 2. The van der Waals surface area contributed by atoms with Crippen LogP contribution in [0.15, 0.2) is 24.3 Å². The van der Waals surface area contributed by atoms with Crippen molar-refractivity contribution >= 4 is 11.9 Å². The highest BCUT2D eigenvalue weighted by Crippen LogP contribution is 2.20. The van der Waals surface area contributed by atoms with Gasteiger partial charge >= 0.3 is 5.97 Å². The number of esters is 1. The first kappa shape index (κ1) is 14.4. The number of carbonyl (C=O) groups excluding carboxylic acids is 2. The summed E-state index contributed by atoms with van der Waals surface area (Å²) < 4.78 is 5.02. The maximum atomic E-state index is 12.3. The van der Waals surface area contributed by atoms with Crippen LogP contribution < -0.4 is 0 Å². The van der Waals surface area contributed by atoms with Crippen molar-refractivity contribution in [3.8, 4) is 5.75 Å². The van der Waals surface area contributed by atoms with Crippen LogP contribution in [0, 0.1) is 5.92 Å². The summed E-state index contributed by atoms with van der Waals surface area (Å²) in [4.78, 5) is 25.8. The number of phenolic OH excluding ortho intramolecular Hbond substituents is 1. The molecule has 2 rings (SSSR count). The van der Waals surface area contributed by atoms with Gasteiger partial charge in [0.2, 0.25) is 0 Å². The van der Waals surface area contributed by atoms with Gasteiger partial charge in [-0.3, -0.25) is 9.59 Å². The average Bonchev–Trinajstić information content (AvgIpc) is 2.48. The molecule has 1 fully saturated rings. The number of aromatic hydroxyl groups is 1. The minimum atomic E-state index is -0.232. The first-order chi connectivity index (χ1) is 9.61. The Balaban J connectivity index is 2.03. The van der Waals surface area contributed by atoms with Gasteiger partial charge in [-0.05, 0) is 44.0 Å². The second-order valence-corrected chi connectivity index (χ2v) is 4.89. The molecule has 0 aliphatic carbocycles. The number of piperidine rings is 1. The summed E-state index contributed by atoms with van der Waals surface area (Å²) in [6.45, 7) is 3.19. The number of amides is 1. The number of phenols is 1. The normalized spacial score (nSPS) is 18.6. The molecule has 1 aliphatic heterocycles. The molecule has 1 amide bonds. The zero-order valence-corrected chi connectivity index (χ0v) is 11.5. The van der Waals surface area contributed by atoms with Gasteiger partial charge in [-0.2, -0.15) is 0 Å². The number of hydrogen-bond acceptors (Lipinski definition) is 4. The van der Waals surface area contributed by atoms with Crippen molar-refractivity contribution in [1.29, 1.82) is 0 Å². The minimum Gasteiger partial charge on any atom is -0.508 e. The molecular formula is C15H19NO4. The molecule has 5 heteroatoms. The summed E-state index contributed by atoms with van der Waals surface area (Å²) in [6.07, 6.45) is 1.56. The summed E-state index contributed by atoms with van der Waals surface area (Å²) >= 11 is 0. The van der Waals surface area contributed by atoms with Gasteiger partial charge in [0.05, 0.1) is 12.5 Å². The average molecular weight is 277 g/mol. The lowest BCUT2D eigenvalue weighted by Crippen LogP contribution is -2.42. The lowest BCUT2D eigenvalue weighted by molar-refractivity contribution is -0.149. The van der Waals surface area contributed by atoms with Crippen LogP contribution in [-0.4, -0.2) is 41.6 Å². The largest absolute Gasteiger partial charge is 0.508 e. The van der Waals surface area contributed by atoms with Crippen LogP contribution in [0.3, 0.4) is 0 Å². The Kier molecular flexibility index (Phi) is 4.61. The number of benzene rings is 1. The van der Waals surface area contributed by atoms with Crippen molar-refractivity contribution in [2.75, 3.05) is 19.7 Å². The minimum absolute atomic E-state index is 0.112. The second-order valence-electron chi connectivity index (χ2n) is 4.89. The topological polar surface area (TPSA) is 66.8 Å². The fraction of sp³-hybridized carbons (Fsp3) is 0.467. The molecule has 1 heterocycles. The molecule has 0 spiro atoms. The Labute approximate surface area is 118 Å². The van der Waals surface area contributed by atoms with E-state index >= 15 is 0 Å². The van der Waals surface area contributed by atoms with E-state index in [1.807, 2.05) is 0 Å². The smallest absolute Gasteiger partial charge is 0.310 e. The van der Waals surface area contributed by atoms with Gasteiger partial charge in [0.1, 0.15) is 5.75 Å². The molecular weight excluding hydrogens is 258 g/mol. The third kappa shape index (κ3) is 3.29. The fourth-order valence-corrected chi connectivity index (χ4v) is 2.40. The maximum absolute atomic E-state index is 12.3. The first-order valence-corrected chi connectivity index (χ1v) is 6.86. The van der Waals surface area contributed by atoms with Crippen LogP contribution in [0.5, 0.6) is 5.75 Å². The van der Waals surface area contributed by atoms with Crippen molar-refractivity contribution in [1.82, 2.24) is 4.90 Å². The summed E-state index contributed by atoms with van der Waals surface area (Å²) in [6, 6.07) is 6.15. The fourth-order valence-electron chi connectivity index (χ4n) is 2.40. The van der Waals surface area contributed by atoms with Gasteiger partial charge in [0, 0.05) is 18.7 Å². The molecule has 1 aromatic rings. The van der Waals surface area contributed by atoms with Gasteiger partial charge in [0.25, 0.3) is 5.91 Å². The lowest BCUT2D eigenvalue weighted by atomic mass is 9.97. The Hall–Kier alpha value is -2.04. The Morgan fingerprint density at radius 1 is 1.35 bits per heavy atom. The number of hydrogen-bond donors (Lipinski definition) is 1. The molecule has 1 aliphatic rings. The number of likely N-dealkylation sites (tertiary alicyclic amines) is 1. The van der Waals surface area contributed by atoms with Crippen molar-refractivity contribution in [3.05, 3.63) is 29.8 Å². The van der Waals surface area contributed by atoms with Gasteiger partial charge in [0.15, 0.2) is 0 Å². The third-order valence-electron chi connectivity index (χ3n) is 3.44. The van der Waals surface area contributed by atoms with Gasteiger partial charge in [-0.25, -0.2) is 0 Å². The molecule has 0 aromatic heterocycles. The zero-order chi connectivity index (χ0) is 14.5. The van der Waals surface area contributed by atoms with Gasteiger partial charge in [-0.15, -0.1) is 0 Å². The lowest BCUT2D eigenvalue weighted by Gasteiger charge is -2.31. The van der Waals surface area contributed by atoms with Crippen LogP contribution >= 0.6 is 0 Å². The summed E-state index contributed by atoms with van der Waals surface area (Å²) in [5.41, 5.74) is 0.521. The molecule has 108 valence electrons. The highest BCUT2D eigenvalue weighted by atomic mass is 16.5. The molecule has 1 saturated heterocycles. The highest BCUT2D eigenvalue weighted by molar-refractivity contribution is 5.94. The predicted octanol–water partition coefficient (Wildman–Crippen LogP) is 1.81. The molecule has 5 nitrogen and oxygen atoms in total. The summed E-state index contributed by atoms with van der Waals surface area (Å²) in [5, 5.41) is 9.24. The molecule has 1 N–H and O–H groups in total. The van der Waals surface area contributed by atoms with Crippen LogP contribution in [0.4, 0.5) is 0 Å². The van der Waals surface area contributed by atoms with E-state index in [0.29, 0.717) is 25.3 Å². The number of nitrogens with zero attached hydrogens (tertiary/aromatic N) is 1. The molecule has 0 saturated carbocycles. The van der Waals surface area contributed by atoms with E-state index in [-0.39, 0.29) is 23.5 Å². The van der Waals surface area contributed by atoms with Gasteiger partial charge < -0.3 is 14.7 Å². The summed E-state index contributed by atoms with van der Waals surface area (Å²) in [5.74, 6) is -0.441. The Bertz CT molecular complexity index is 483. The van der Waals surface area contributed by atoms with Crippen LogP contribution in [0.2, 0.25) is 0 Å². The number of ether oxygens (including phenoxy) is 1. The van der Waals surface area contributed by atoms with E-state index in [1.54, 1.807) is 24.0 Å². The van der Waals surface area contributed by atoms with Gasteiger partial charge in [-0.1, -0.05) is 0 Å². The first-order valence-electron chi connectivity index (χ1n) is 6.86. The Morgan fingerprint density at radius 2 is 2.05 bits per heavy atom.